The summed E-state index contributed by atoms with van der Waals surface area (Å²) < 4.78 is 21.8. The molecule has 0 aliphatic rings. The third-order valence-corrected chi connectivity index (χ3v) is 5.91. The van der Waals surface area contributed by atoms with Crippen molar-refractivity contribution in [2.45, 2.75) is 12.5 Å². The first-order valence-corrected chi connectivity index (χ1v) is 11.4. The Hall–Kier alpha value is -4.29. The average molecular weight is 528 g/mol. The first-order chi connectivity index (χ1) is 18.0. The molecule has 4 N–H and O–H groups in total. The maximum Gasteiger partial charge on any atom is 0.243 e. The number of hydrogen-bond acceptors (Lipinski definition) is 9. The molecular formula is C24H26ClN7O5. The van der Waals surface area contributed by atoms with Crippen LogP contribution in [-0.2, 0) is 11.2 Å². The van der Waals surface area contributed by atoms with Crippen LogP contribution in [0.4, 0.5) is 5.69 Å². The lowest BCUT2D eigenvalue weighted by Gasteiger charge is -2.17. The Morgan fingerprint density at radius 1 is 0.946 bits per heavy atom. The fraction of sp³-hybridized carbons (Fsp3) is 0.250. The van der Waals surface area contributed by atoms with Crippen LogP contribution in [0.15, 0.2) is 42.9 Å². The minimum atomic E-state index is -0.725. The van der Waals surface area contributed by atoms with Gasteiger partial charge in [0, 0.05) is 29.4 Å². The molecule has 0 radical (unpaired) electrons. The summed E-state index contributed by atoms with van der Waals surface area (Å²) in [5, 5.41) is 14.2. The largest absolute Gasteiger partial charge is 0.495 e. The van der Waals surface area contributed by atoms with E-state index in [0.29, 0.717) is 57.6 Å². The number of anilines is 1. The summed E-state index contributed by atoms with van der Waals surface area (Å²) in [4.78, 5) is 22.4. The van der Waals surface area contributed by atoms with E-state index < -0.39 is 6.04 Å². The molecule has 2 heterocycles. The molecule has 194 valence electrons. The van der Waals surface area contributed by atoms with Gasteiger partial charge in [-0.25, -0.2) is 9.82 Å². The summed E-state index contributed by atoms with van der Waals surface area (Å²) in [6.45, 7) is 0. The highest BCUT2D eigenvalue weighted by atomic mass is 35.5. The van der Waals surface area contributed by atoms with Crippen molar-refractivity contribution >= 4 is 23.4 Å². The highest BCUT2D eigenvalue weighted by Crippen LogP contribution is 2.42. The standard InChI is InChI=1S/C24H26ClN7O5/c1-34-18-6-5-13(7-16(18)28-24(33)17(29-25)10-15-11-26-12-27-15)21-22(31-32-30-21)14-8-19(35-2)23(37-4)20(9-14)36-3/h5-9,11-12,17,29H,10H2,1-4H3,(H,26,27)(H,28,33)(H,30,31,32). The van der Waals surface area contributed by atoms with Gasteiger partial charge in [0.15, 0.2) is 11.5 Å². The molecule has 2 aromatic carbocycles. The van der Waals surface area contributed by atoms with Gasteiger partial charge in [-0.15, -0.1) is 0 Å². The SMILES string of the molecule is COc1ccc(-c2n[nH]nc2-c2cc(OC)c(OC)c(OC)c2)cc1NC(=O)C(Cc1cnc[nH]1)NCl. The molecule has 0 saturated carbocycles. The molecule has 1 atom stereocenters. The second-order valence-corrected chi connectivity index (χ2v) is 8.00. The normalized spacial score (nSPS) is 11.6. The molecular weight excluding hydrogens is 502 g/mol. The lowest BCUT2D eigenvalue weighted by atomic mass is 10.0. The van der Waals surface area contributed by atoms with Crippen LogP contribution in [0.1, 0.15) is 5.69 Å². The Kier molecular flexibility index (Phi) is 8.11. The van der Waals surface area contributed by atoms with Crippen molar-refractivity contribution in [2.24, 2.45) is 0 Å². The van der Waals surface area contributed by atoms with E-state index in [1.165, 1.54) is 20.5 Å². The number of H-pyrrole nitrogens is 2. The van der Waals surface area contributed by atoms with Gasteiger partial charge in [0.1, 0.15) is 23.2 Å². The monoisotopic (exact) mass is 527 g/mol. The number of aromatic amines is 2. The van der Waals surface area contributed by atoms with Gasteiger partial charge in [-0.3, -0.25) is 4.79 Å². The minimum absolute atomic E-state index is 0.311. The maximum atomic E-state index is 13.0. The van der Waals surface area contributed by atoms with Crippen LogP contribution in [0.2, 0.25) is 0 Å². The summed E-state index contributed by atoms with van der Waals surface area (Å²) in [5.74, 6) is 1.52. The molecule has 0 bridgehead atoms. The number of carbonyl (C=O) groups is 1. The second-order valence-electron chi connectivity index (χ2n) is 7.78. The number of benzene rings is 2. The van der Waals surface area contributed by atoms with Gasteiger partial charge in [-0.1, -0.05) is 0 Å². The van der Waals surface area contributed by atoms with Crippen molar-refractivity contribution in [2.75, 3.05) is 33.8 Å². The van der Waals surface area contributed by atoms with E-state index in [4.69, 9.17) is 30.7 Å². The number of methoxy groups -OCH3 is 4. The fourth-order valence-corrected chi connectivity index (χ4v) is 4.00. The molecule has 12 nitrogen and oxygen atoms in total. The van der Waals surface area contributed by atoms with Crippen LogP contribution in [0.3, 0.4) is 0 Å². The van der Waals surface area contributed by atoms with Crippen LogP contribution in [0, 0.1) is 0 Å². The third-order valence-electron chi connectivity index (χ3n) is 5.64. The zero-order valence-electron chi connectivity index (χ0n) is 20.6. The molecule has 1 unspecified atom stereocenters. The van der Waals surface area contributed by atoms with Crippen LogP contribution in [0.5, 0.6) is 23.0 Å². The van der Waals surface area contributed by atoms with E-state index in [-0.39, 0.29) is 5.91 Å². The van der Waals surface area contributed by atoms with Crippen LogP contribution in [-0.4, -0.2) is 65.8 Å². The first-order valence-electron chi connectivity index (χ1n) is 11.1. The Bertz CT molecular complexity index is 1330. The molecule has 0 aliphatic carbocycles. The predicted octanol–water partition coefficient (Wildman–Crippen LogP) is 3.19. The Morgan fingerprint density at radius 3 is 2.19 bits per heavy atom. The number of nitrogens with zero attached hydrogens (tertiary/aromatic N) is 3. The quantitative estimate of drug-likeness (QED) is 0.216. The predicted molar refractivity (Wildman–Crippen MR) is 137 cm³/mol. The lowest BCUT2D eigenvalue weighted by molar-refractivity contribution is -0.117. The number of nitrogens with one attached hydrogen (secondary N) is 4. The summed E-state index contributed by atoms with van der Waals surface area (Å²) in [6.07, 6.45) is 3.48. The van der Waals surface area contributed by atoms with Crippen molar-refractivity contribution in [3.8, 4) is 45.5 Å². The molecule has 0 saturated heterocycles. The van der Waals surface area contributed by atoms with Crippen molar-refractivity contribution in [1.29, 1.82) is 0 Å². The maximum absolute atomic E-state index is 13.0. The van der Waals surface area contributed by atoms with Gasteiger partial charge in [-0.05, 0) is 42.1 Å². The van der Waals surface area contributed by atoms with Gasteiger partial charge in [0.05, 0.1) is 40.5 Å². The number of halogens is 1. The molecule has 2 aromatic heterocycles. The molecule has 37 heavy (non-hydrogen) atoms. The van der Waals surface area contributed by atoms with Gasteiger partial charge >= 0.3 is 0 Å². The fourth-order valence-electron chi connectivity index (χ4n) is 3.82. The van der Waals surface area contributed by atoms with Gasteiger partial charge in [0.25, 0.3) is 0 Å². The topological polar surface area (TPSA) is 148 Å². The van der Waals surface area contributed by atoms with Crippen molar-refractivity contribution in [3.63, 3.8) is 0 Å². The summed E-state index contributed by atoms with van der Waals surface area (Å²) in [6, 6.07) is 8.13. The Labute approximate surface area is 217 Å². The van der Waals surface area contributed by atoms with E-state index in [1.54, 1.807) is 44.7 Å². The first kappa shape index (κ1) is 25.8. The summed E-state index contributed by atoms with van der Waals surface area (Å²) >= 11 is 5.86. The zero-order valence-corrected chi connectivity index (χ0v) is 21.3. The summed E-state index contributed by atoms with van der Waals surface area (Å²) in [5.41, 5.74) is 3.64. The highest BCUT2D eigenvalue weighted by molar-refractivity contribution is 6.15. The van der Waals surface area contributed by atoms with E-state index in [9.17, 15) is 4.79 Å². The van der Waals surface area contributed by atoms with Crippen LogP contribution >= 0.6 is 11.8 Å². The highest BCUT2D eigenvalue weighted by Gasteiger charge is 2.22. The molecule has 1 amide bonds. The number of carbonyl (C=O) groups excluding carboxylic acids is 1. The molecule has 0 fully saturated rings. The molecule has 0 spiro atoms. The van der Waals surface area contributed by atoms with Crippen molar-refractivity contribution in [3.05, 3.63) is 48.5 Å². The van der Waals surface area contributed by atoms with E-state index in [2.05, 4.69) is 35.5 Å². The number of hydrogen-bond donors (Lipinski definition) is 4. The van der Waals surface area contributed by atoms with E-state index in [1.807, 2.05) is 6.07 Å². The number of imidazole rings is 1. The molecule has 13 heteroatoms. The smallest absolute Gasteiger partial charge is 0.243 e. The van der Waals surface area contributed by atoms with Crippen LogP contribution < -0.4 is 29.1 Å². The molecule has 4 rings (SSSR count). The second kappa shape index (κ2) is 11.6. The van der Waals surface area contributed by atoms with Gasteiger partial charge < -0.3 is 29.2 Å². The number of rotatable bonds is 11. The van der Waals surface area contributed by atoms with Crippen molar-refractivity contribution in [1.82, 2.24) is 30.2 Å². The zero-order chi connectivity index (χ0) is 26.4. The van der Waals surface area contributed by atoms with E-state index in [0.717, 1.165) is 5.69 Å². The van der Waals surface area contributed by atoms with Crippen molar-refractivity contribution < 1.29 is 23.7 Å². The van der Waals surface area contributed by atoms with E-state index >= 15 is 0 Å². The molecule has 0 aliphatic heterocycles. The number of amides is 1. The summed E-state index contributed by atoms with van der Waals surface area (Å²) in [7, 11) is 6.13. The molecule has 4 aromatic rings. The van der Waals surface area contributed by atoms with Gasteiger partial charge in [-0.2, -0.15) is 15.4 Å². The minimum Gasteiger partial charge on any atom is -0.495 e. The lowest BCUT2D eigenvalue weighted by Crippen LogP contribution is -2.37. The Morgan fingerprint density at radius 2 is 1.62 bits per heavy atom. The Balaban J connectivity index is 1.68. The third kappa shape index (κ3) is 5.44. The van der Waals surface area contributed by atoms with Crippen LogP contribution in [0.25, 0.3) is 22.5 Å². The number of ether oxygens (including phenoxy) is 4. The average Bonchev–Trinajstić information content (AvgIpc) is 3.63. The number of aromatic nitrogens is 5. The van der Waals surface area contributed by atoms with Gasteiger partial charge in [0.2, 0.25) is 11.7 Å².